The average molecular weight is 290 g/mol. The van der Waals surface area contributed by atoms with Crippen LogP contribution in [-0.4, -0.2) is 30.1 Å². The maximum Gasteiger partial charge on any atom is 0.508 e. The van der Waals surface area contributed by atoms with Crippen LogP contribution in [0.25, 0.3) is 0 Å². The Morgan fingerprint density at radius 3 is 2.20 bits per heavy atom. The van der Waals surface area contributed by atoms with Crippen LogP contribution in [0.5, 0.6) is 0 Å². The van der Waals surface area contributed by atoms with Crippen molar-refractivity contribution in [3.63, 3.8) is 0 Å². The van der Waals surface area contributed by atoms with Gasteiger partial charge in [-0.25, -0.2) is 14.6 Å². The lowest BCUT2D eigenvalue weighted by Gasteiger charge is -2.30. The van der Waals surface area contributed by atoms with E-state index in [1.54, 1.807) is 0 Å². The van der Waals surface area contributed by atoms with Crippen molar-refractivity contribution in [1.29, 1.82) is 0 Å². The first-order valence-electron chi connectivity index (χ1n) is 7.26. The molecule has 0 aliphatic carbocycles. The van der Waals surface area contributed by atoms with Gasteiger partial charge in [0.1, 0.15) is 11.7 Å². The standard InChI is InChI=1S/C15H30O5/c1-8-9-10-17-13(16)18-12(2)11-15(6,7)20-19-14(3,4)5/h12H,8-11H2,1-7H3. The Morgan fingerprint density at radius 2 is 1.70 bits per heavy atom. The Bertz CT molecular complexity index is 280. The molecule has 0 radical (unpaired) electrons. The van der Waals surface area contributed by atoms with Gasteiger partial charge < -0.3 is 9.47 Å². The van der Waals surface area contributed by atoms with Gasteiger partial charge in [0.15, 0.2) is 0 Å². The highest BCUT2D eigenvalue weighted by molar-refractivity contribution is 5.60. The Balaban J connectivity index is 4.04. The summed E-state index contributed by atoms with van der Waals surface area (Å²) in [6.45, 7) is 13.8. The molecule has 0 aromatic carbocycles. The molecule has 0 aromatic rings. The molecule has 120 valence electrons. The molecule has 0 N–H and O–H groups in total. The highest BCUT2D eigenvalue weighted by Crippen LogP contribution is 2.22. The topological polar surface area (TPSA) is 54.0 Å². The summed E-state index contributed by atoms with van der Waals surface area (Å²) in [4.78, 5) is 22.1. The molecule has 0 aliphatic rings. The van der Waals surface area contributed by atoms with E-state index in [2.05, 4.69) is 0 Å². The van der Waals surface area contributed by atoms with E-state index >= 15 is 0 Å². The molecule has 5 heteroatoms. The van der Waals surface area contributed by atoms with Crippen molar-refractivity contribution in [3.8, 4) is 0 Å². The first-order chi connectivity index (χ1) is 9.06. The van der Waals surface area contributed by atoms with Crippen molar-refractivity contribution >= 4 is 6.16 Å². The number of carbonyl (C=O) groups is 1. The Morgan fingerprint density at radius 1 is 1.10 bits per heavy atom. The number of ether oxygens (including phenoxy) is 2. The minimum absolute atomic E-state index is 0.303. The summed E-state index contributed by atoms with van der Waals surface area (Å²) in [5.41, 5.74) is -0.920. The van der Waals surface area contributed by atoms with Crippen molar-refractivity contribution in [2.24, 2.45) is 0 Å². The summed E-state index contributed by atoms with van der Waals surface area (Å²) in [6, 6.07) is 0. The average Bonchev–Trinajstić information content (AvgIpc) is 2.25. The fourth-order valence-electron chi connectivity index (χ4n) is 1.50. The fourth-order valence-corrected chi connectivity index (χ4v) is 1.50. The minimum Gasteiger partial charge on any atom is -0.434 e. The van der Waals surface area contributed by atoms with Crippen molar-refractivity contribution in [2.75, 3.05) is 6.61 Å². The van der Waals surface area contributed by atoms with Crippen molar-refractivity contribution in [3.05, 3.63) is 0 Å². The number of unbranched alkanes of at least 4 members (excludes halogenated alkanes) is 1. The highest BCUT2D eigenvalue weighted by Gasteiger charge is 2.28. The number of hydrogen-bond acceptors (Lipinski definition) is 5. The maximum absolute atomic E-state index is 11.4. The van der Waals surface area contributed by atoms with E-state index in [4.69, 9.17) is 19.2 Å². The first kappa shape index (κ1) is 19.2. The van der Waals surface area contributed by atoms with Crippen LogP contribution in [-0.2, 0) is 19.2 Å². The van der Waals surface area contributed by atoms with Gasteiger partial charge in [-0.2, -0.15) is 0 Å². The molecule has 1 unspecified atom stereocenters. The fraction of sp³-hybridized carbons (Fsp3) is 0.933. The van der Waals surface area contributed by atoms with Crippen LogP contribution in [0.2, 0.25) is 0 Å². The third kappa shape index (κ3) is 11.1. The normalized spacial score (nSPS) is 13.9. The molecule has 0 rings (SSSR count). The largest absolute Gasteiger partial charge is 0.508 e. The molecule has 0 fully saturated rings. The lowest BCUT2D eigenvalue weighted by molar-refractivity contribution is -0.399. The van der Waals surface area contributed by atoms with E-state index in [0.29, 0.717) is 13.0 Å². The van der Waals surface area contributed by atoms with E-state index in [0.717, 1.165) is 12.8 Å². The second-order valence-electron chi connectivity index (χ2n) is 6.62. The summed E-state index contributed by atoms with van der Waals surface area (Å²) >= 11 is 0. The van der Waals surface area contributed by atoms with Crippen LogP contribution in [0.1, 0.15) is 67.7 Å². The first-order valence-corrected chi connectivity index (χ1v) is 7.26. The second kappa shape index (κ2) is 8.47. The lowest BCUT2D eigenvalue weighted by atomic mass is 10.0. The maximum atomic E-state index is 11.4. The summed E-state index contributed by atoms with van der Waals surface area (Å²) in [5.74, 6) is 0. The third-order valence-corrected chi connectivity index (χ3v) is 2.31. The lowest BCUT2D eigenvalue weighted by Crippen LogP contribution is -2.34. The number of carbonyl (C=O) groups excluding carboxylic acids is 1. The Labute approximate surface area is 122 Å². The molecule has 1 atom stereocenters. The van der Waals surface area contributed by atoms with Gasteiger partial charge in [-0.3, -0.25) is 0 Å². The molecule has 0 aliphatic heterocycles. The minimum atomic E-state index is -0.626. The third-order valence-electron chi connectivity index (χ3n) is 2.31. The summed E-state index contributed by atoms with van der Waals surface area (Å²) < 4.78 is 10.1. The van der Waals surface area contributed by atoms with Crippen LogP contribution in [0.4, 0.5) is 4.79 Å². The Kier molecular flexibility index (Phi) is 8.13. The molecule has 0 aromatic heterocycles. The van der Waals surface area contributed by atoms with E-state index in [1.165, 1.54) is 0 Å². The van der Waals surface area contributed by atoms with E-state index in [1.807, 2.05) is 48.5 Å². The molecular weight excluding hydrogens is 260 g/mol. The van der Waals surface area contributed by atoms with E-state index < -0.39 is 11.8 Å². The van der Waals surface area contributed by atoms with Crippen molar-refractivity contribution < 1.29 is 24.0 Å². The quantitative estimate of drug-likeness (QED) is 0.289. The molecule has 0 heterocycles. The number of rotatable bonds is 8. The zero-order valence-electron chi connectivity index (χ0n) is 13.9. The van der Waals surface area contributed by atoms with Gasteiger partial charge in [-0.05, 0) is 48.0 Å². The van der Waals surface area contributed by atoms with Gasteiger partial charge in [0.05, 0.1) is 12.2 Å². The molecule has 0 saturated carbocycles. The van der Waals surface area contributed by atoms with E-state index in [-0.39, 0.29) is 11.7 Å². The summed E-state index contributed by atoms with van der Waals surface area (Å²) in [5, 5.41) is 0. The zero-order valence-corrected chi connectivity index (χ0v) is 13.9. The zero-order chi connectivity index (χ0) is 15.8. The predicted molar refractivity (Wildman–Crippen MR) is 77.4 cm³/mol. The SMILES string of the molecule is CCCCOC(=O)OC(C)CC(C)(C)OOC(C)(C)C. The van der Waals surface area contributed by atoms with Crippen LogP contribution in [0.3, 0.4) is 0 Å². The van der Waals surface area contributed by atoms with Gasteiger partial charge in [0.2, 0.25) is 0 Å². The van der Waals surface area contributed by atoms with Gasteiger partial charge in [0.25, 0.3) is 0 Å². The molecule has 0 amide bonds. The molecule has 0 spiro atoms. The molecule has 20 heavy (non-hydrogen) atoms. The van der Waals surface area contributed by atoms with Gasteiger partial charge in [-0.15, -0.1) is 0 Å². The molecule has 0 saturated heterocycles. The second-order valence-corrected chi connectivity index (χ2v) is 6.62. The van der Waals surface area contributed by atoms with Gasteiger partial charge in [0, 0.05) is 6.42 Å². The van der Waals surface area contributed by atoms with Crippen LogP contribution in [0, 0.1) is 0 Å². The predicted octanol–water partition coefficient (Wildman–Crippen LogP) is 4.24. The van der Waals surface area contributed by atoms with Gasteiger partial charge in [-0.1, -0.05) is 13.3 Å². The van der Waals surface area contributed by atoms with Crippen molar-refractivity contribution in [1.82, 2.24) is 0 Å². The summed E-state index contributed by atoms with van der Waals surface area (Å²) in [7, 11) is 0. The van der Waals surface area contributed by atoms with Crippen LogP contribution in [0.15, 0.2) is 0 Å². The Hall–Kier alpha value is -0.810. The molecule has 5 nitrogen and oxygen atoms in total. The molecular formula is C15H30O5. The van der Waals surface area contributed by atoms with Crippen molar-refractivity contribution in [2.45, 2.75) is 85.0 Å². The smallest absolute Gasteiger partial charge is 0.434 e. The number of hydrogen-bond donors (Lipinski definition) is 0. The highest BCUT2D eigenvalue weighted by atomic mass is 17.2. The van der Waals surface area contributed by atoms with Crippen LogP contribution >= 0.6 is 0 Å². The van der Waals surface area contributed by atoms with Gasteiger partial charge >= 0.3 is 6.16 Å². The monoisotopic (exact) mass is 290 g/mol. The molecule has 0 bridgehead atoms. The summed E-state index contributed by atoms with van der Waals surface area (Å²) in [6.07, 6.45) is 1.42. The van der Waals surface area contributed by atoms with Crippen LogP contribution < -0.4 is 0 Å². The van der Waals surface area contributed by atoms with E-state index in [9.17, 15) is 4.79 Å².